The molecule has 1 aromatic carbocycles. The number of rotatable bonds is 6. The molecule has 0 aliphatic heterocycles. The molecule has 1 atom stereocenters. The maximum absolute atomic E-state index is 12.5. The molecular formula is C17H19N3O3. The molecule has 6 nitrogen and oxygen atoms in total. The Labute approximate surface area is 134 Å². The zero-order chi connectivity index (χ0) is 16.4. The molecule has 3 rings (SSSR count). The van der Waals surface area contributed by atoms with Crippen LogP contribution in [-0.2, 0) is 16.0 Å². The lowest BCUT2D eigenvalue weighted by Crippen LogP contribution is -2.45. The zero-order valence-electron chi connectivity index (χ0n) is 12.9. The summed E-state index contributed by atoms with van der Waals surface area (Å²) in [5.74, 6) is -1.09. The van der Waals surface area contributed by atoms with Crippen LogP contribution in [0.3, 0.4) is 0 Å². The second-order valence-corrected chi connectivity index (χ2v) is 5.84. The predicted octanol–water partition coefficient (Wildman–Crippen LogP) is 1.88. The van der Waals surface area contributed by atoms with Crippen LogP contribution in [0.25, 0.3) is 5.69 Å². The minimum Gasteiger partial charge on any atom is -0.480 e. The van der Waals surface area contributed by atoms with E-state index in [4.69, 9.17) is 0 Å². The van der Waals surface area contributed by atoms with Crippen LogP contribution in [0.15, 0.2) is 42.7 Å². The van der Waals surface area contributed by atoms with Crippen molar-refractivity contribution in [1.82, 2.24) is 14.7 Å². The lowest BCUT2D eigenvalue weighted by atomic mass is 10.1. The van der Waals surface area contributed by atoms with Gasteiger partial charge in [-0.1, -0.05) is 12.1 Å². The normalized spacial score (nSPS) is 15.2. The number of carbonyl (C=O) groups excluding carboxylic acids is 1. The fourth-order valence-electron chi connectivity index (χ4n) is 2.66. The first-order chi connectivity index (χ1) is 11.1. The maximum Gasteiger partial charge on any atom is 0.326 e. The van der Waals surface area contributed by atoms with Gasteiger partial charge in [0.05, 0.1) is 12.1 Å². The summed E-state index contributed by atoms with van der Waals surface area (Å²) >= 11 is 0. The Kier molecular flexibility index (Phi) is 4.14. The Bertz CT molecular complexity index is 690. The van der Waals surface area contributed by atoms with Crippen molar-refractivity contribution in [1.29, 1.82) is 0 Å². The number of carboxylic acid groups (broad SMARTS) is 1. The van der Waals surface area contributed by atoms with Crippen LogP contribution in [0.4, 0.5) is 0 Å². The van der Waals surface area contributed by atoms with Crippen molar-refractivity contribution in [3.8, 4) is 5.69 Å². The van der Waals surface area contributed by atoms with Crippen LogP contribution in [0, 0.1) is 0 Å². The lowest BCUT2D eigenvalue weighted by molar-refractivity contribution is -0.149. The van der Waals surface area contributed by atoms with Gasteiger partial charge in [-0.05, 0) is 43.5 Å². The molecule has 0 saturated heterocycles. The Hall–Kier alpha value is -2.63. The van der Waals surface area contributed by atoms with E-state index in [2.05, 4.69) is 5.10 Å². The number of nitrogens with zero attached hydrogens (tertiary/aromatic N) is 3. The van der Waals surface area contributed by atoms with E-state index in [1.165, 1.54) is 4.90 Å². The Morgan fingerprint density at radius 1 is 1.35 bits per heavy atom. The van der Waals surface area contributed by atoms with E-state index < -0.39 is 12.0 Å². The number of carbonyl (C=O) groups is 2. The second kappa shape index (κ2) is 6.24. The first kappa shape index (κ1) is 15.3. The molecule has 0 bridgehead atoms. The van der Waals surface area contributed by atoms with Crippen molar-refractivity contribution >= 4 is 11.9 Å². The van der Waals surface area contributed by atoms with Crippen molar-refractivity contribution in [2.24, 2.45) is 0 Å². The number of amides is 1. The topological polar surface area (TPSA) is 75.4 Å². The fourth-order valence-corrected chi connectivity index (χ4v) is 2.66. The van der Waals surface area contributed by atoms with Crippen molar-refractivity contribution in [2.75, 3.05) is 0 Å². The summed E-state index contributed by atoms with van der Waals surface area (Å²) in [4.78, 5) is 25.2. The van der Waals surface area contributed by atoms with Crippen molar-refractivity contribution in [3.05, 3.63) is 48.3 Å². The van der Waals surface area contributed by atoms with Gasteiger partial charge in [-0.3, -0.25) is 4.79 Å². The Morgan fingerprint density at radius 3 is 2.57 bits per heavy atom. The molecule has 23 heavy (non-hydrogen) atoms. The highest BCUT2D eigenvalue weighted by molar-refractivity contribution is 5.85. The monoisotopic (exact) mass is 313 g/mol. The van der Waals surface area contributed by atoms with Crippen LogP contribution in [0.1, 0.15) is 25.3 Å². The molecule has 0 radical (unpaired) electrons. The van der Waals surface area contributed by atoms with Gasteiger partial charge >= 0.3 is 5.97 Å². The number of carboxylic acids is 1. The summed E-state index contributed by atoms with van der Waals surface area (Å²) in [6.07, 6.45) is 5.55. The molecule has 1 N–H and O–H groups in total. The summed E-state index contributed by atoms with van der Waals surface area (Å²) in [5.41, 5.74) is 1.79. The van der Waals surface area contributed by atoms with Gasteiger partial charge in [0.25, 0.3) is 0 Å². The molecule has 6 heteroatoms. The maximum atomic E-state index is 12.5. The number of aromatic nitrogens is 2. The average Bonchev–Trinajstić information content (AvgIpc) is 3.20. The van der Waals surface area contributed by atoms with E-state index in [9.17, 15) is 14.7 Å². The number of aliphatic carboxylic acids is 1. The second-order valence-electron chi connectivity index (χ2n) is 5.84. The van der Waals surface area contributed by atoms with Crippen molar-refractivity contribution < 1.29 is 14.7 Å². The molecule has 1 amide bonds. The molecule has 2 aromatic rings. The van der Waals surface area contributed by atoms with Gasteiger partial charge in [-0.15, -0.1) is 0 Å². The molecule has 1 fully saturated rings. The highest BCUT2D eigenvalue weighted by Crippen LogP contribution is 2.29. The summed E-state index contributed by atoms with van der Waals surface area (Å²) in [6.45, 7) is 1.57. The first-order valence-electron chi connectivity index (χ1n) is 7.69. The Balaban J connectivity index is 1.70. The van der Waals surface area contributed by atoms with Gasteiger partial charge in [-0.2, -0.15) is 5.10 Å². The van der Waals surface area contributed by atoms with Gasteiger partial charge in [0, 0.05) is 18.4 Å². The van der Waals surface area contributed by atoms with E-state index in [-0.39, 0.29) is 18.4 Å². The molecule has 1 unspecified atom stereocenters. The third kappa shape index (κ3) is 3.41. The molecular weight excluding hydrogens is 294 g/mol. The highest BCUT2D eigenvalue weighted by atomic mass is 16.4. The van der Waals surface area contributed by atoms with Gasteiger partial charge in [0.1, 0.15) is 6.04 Å². The van der Waals surface area contributed by atoms with Gasteiger partial charge < -0.3 is 10.0 Å². The van der Waals surface area contributed by atoms with Crippen molar-refractivity contribution in [2.45, 2.75) is 38.3 Å². The van der Waals surface area contributed by atoms with Gasteiger partial charge in [0.2, 0.25) is 5.91 Å². The third-order valence-electron chi connectivity index (χ3n) is 4.06. The predicted molar refractivity (Wildman–Crippen MR) is 84.2 cm³/mol. The molecule has 1 aliphatic rings. The van der Waals surface area contributed by atoms with Gasteiger partial charge in [-0.25, -0.2) is 9.48 Å². The van der Waals surface area contributed by atoms with Crippen LogP contribution in [-0.4, -0.2) is 43.7 Å². The van der Waals surface area contributed by atoms with Crippen LogP contribution < -0.4 is 0 Å². The SMILES string of the molecule is CC(C(=O)O)N(C(=O)Cc1ccc(-n2cccn2)cc1)C1CC1. The minimum absolute atomic E-state index is 0.0805. The summed E-state index contributed by atoms with van der Waals surface area (Å²) in [6, 6.07) is 8.71. The number of hydrogen-bond acceptors (Lipinski definition) is 3. The highest BCUT2D eigenvalue weighted by Gasteiger charge is 2.38. The van der Waals surface area contributed by atoms with E-state index in [1.807, 2.05) is 36.5 Å². The fraction of sp³-hybridized carbons (Fsp3) is 0.353. The van der Waals surface area contributed by atoms with Crippen LogP contribution in [0.2, 0.25) is 0 Å². The lowest BCUT2D eigenvalue weighted by Gasteiger charge is -2.26. The van der Waals surface area contributed by atoms with E-state index in [1.54, 1.807) is 17.8 Å². The Morgan fingerprint density at radius 2 is 2.04 bits per heavy atom. The smallest absolute Gasteiger partial charge is 0.326 e. The van der Waals surface area contributed by atoms with E-state index in [0.717, 1.165) is 24.1 Å². The van der Waals surface area contributed by atoms with E-state index >= 15 is 0 Å². The summed E-state index contributed by atoms with van der Waals surface area (Å²) < 4.78 is 1.74. The first-order valence-corrected chi connectivity index (χ1v) is 7.69. The van der Waals surface area contributed by atoms with Crippen LogP contribution >= 0.6 is 0 Å². The number of benzene rings is 1. The molecule has 1 heterocycles. The summed E-state index contributed by atoms with van der Waals surface area (Å²) in [5, 5.41) is 13.3. The van der Waals surface area contributed by atoms with E-state index in [0.29, 0.717) is 0 Å². The van der Waals surface area contributed by atoms with Crippen LogP contribution in [0.5, 0.6) is 0 Å². The largest absolute Gasteiger partial charge is 0.480 e. The van der Waals surface area contributed by atoms with Gasteiger partial charge in [0.15, 0.2) is 0 Å². The third-order valence-corrected chi connectivity index (χ3v) is 4.06. The van der Waals surface area contributed by atoms with Crippen molar-refractivity contribution in [3.63, 3.8) is 0 Å². The number of hydrogen-bond donors (Lipinski definition) is 1. The molecule has 120 valence electrons. The quantitative estimate of drug-likeness (QED) is 0.883. The minimum atomic E-state index is -0.959. The zero-order valence-corrected chi connectivity index (χ0v) is 12.9. The average molecular weight is 313 g/mol. The molecule has 0 spiro atoms. The molecule has 1 aromatic heterocycles. The molecule has 1 saturated carbocycles. The summed E-state index contributed by atoms with van der Waals surface area (Å²) in [7, 11) is 0. The standard InChI is InChI=1S/C17H19N3O3/c1-12(17(22)23)20(15-7-8-15)16(21)11-13-3-5-14(6-4-13)19-10-2-9-18-19/h2-6,9-10,12,15H,7-8,11H2,1H3,(H,22,23). The molecule has 1 aliphatic carbocycles.